The molecule has 1 saturated heterocycles. The molecule has 0 saturated carbocycles. The summed E-state index contributed by atoms with van der Waals surface area (Å²) in [6.07, 6.45) is 6.75. The van der Waals surface area contributed by atoms with Gasteiger partial charge in [0.1, 0.15) is 5.57 Å². The molecule has 0 unspecified atom stereocenters. The van der Waals surface area contributed by atoms with Gasteiger partial charge in [0, 0.05) is 23.1 Å². The number of hydrogen-bond acceptors (Lipinski definition) is 4. The number of rotatable bonds is 3. The number of benzene rings is 2. The molecule has 2 amide bonds. The first kappa shape index (κ1) is 18.1. The molecule has 138 valence electrons. The molecule has 2 aromatic carbocycles. The average molecular weight is 409 g/mol. The van der Waals surface area contributed by atoms with Gasteiger partial charge in [0.15, 0.2) is 5.11 Å². The van der Waals surface area contributed by atoms with Crippen LogP contribution in [0.3, 0.4) is 0 Å². The third kappa shape index (κ3) is 3.45. The lowest BCUT2D eigenvalue weighted by molar-refractivity contribution is -0.122. The minimum Gasteiger partial charge on any atom is -0.306 e. The number of carbonyl (C=O) groups is 2. The Morgan fingerprint density at radius 2 is 1.68 bits per heavy atom. The number of nitrogens with one attached hydrogen (secondary N) is 1. The molecule has 4 rings (SSSR count). The smallest absolute Gasteiger partial charge is 0.270 e. The van der Waals surface area contributed by atoms with Crippen LogP contribution in [0.1, 0.15) is 5.56 Å². The predicted octanol–water partition coefficient (Wildman–Crippen LogP) is 3.36. The molecular formula is C20H13ClN4O2S. The highest BCUT2D eigenvalue weighted by Gasteiger charge is 2.34. The molecule has 1 aliphatic heterocycles. The van der Waals surface area contributed by atoms with Crippen molar-refractivity contribution >= 4 is 52.5 Å². The van der Waals surface area contributed by atoms with E-state index < -0.39 is 11.8 Å². The zero-order valence-electron chi connectivity index (χ0n) is 14.4. The summed E-state index contributed by atoms with van der Waals surface area (Å²) in [5.74, 6) is -1.02. The van der Waals surface area contributed by atoms with Crippen LogP contribution in [0.4, 0.5) is 5.69 Å². The monoisotopic (exact) mass is 408 g/mol. The van der Waals surface area contributed by atoms with E-state index in [9.17, 15) is 9.59 Å². The van der Waals surface area contributed by atoms with E-state index in [0.29, 0.717) is 16.3 Å². The van der Waals surface area contributed by atoms with Crippen molar-refractivity contribution in [1.82, 2.24) is 14.9 Å². The first-order chi connectivity index (χ1) is 13.5. The summed E-state index contributed by atoms with van der Waals surface area (Å²) < 4.78 is 1.86. The number of halogens is 1. The number of nitrogens with zero attached hydrogens (tertiary/aromatic N) is 3. The van der Waals surface area contributed by atoms with E-state index >= 15 is 0 Å². The van der Waals surface area contributed by atoms with Crippen molar-refractivity contribution in [2.24, 2.45) is 0 Å². The van der Waals surface area contributed by atoms with Crippen LogP contribution in [0.15, 0.2) is 72.8 Å². The molecule has 0 aliphatic carbocycles. The van der Waals surface area contributed by atoms with Gasteiger partial charge in [-0.2, -0.15) is 0 Å². The molecular weight excluding hydrogens is 396 g/mol. The van der Waals surface area contributed by atoms with Crippen molar-refractivity contribution in [2.75, 3.05) is 4.90 Å². The summed E-state index contributed by atoms with van der Waals surface area (Å²) in [6, 6.07) is 14.0. The second-order valence-electron chi connectivity index (χ2n) is 6.00. The number of hydrogen-bond donors (Lipinski definition) is 1. The van der Waals surface area contributed by atoms with E-state index in [1.165, 1.54) is 4.90 Å². The maximum atomic E-state index is 13.0. The van der Waals surface area contributed by atoms with Gasteiger partial charge in [-0.3, -0.25) is 19.8 Å². The molecule has 28 heavy (non-hydrogen) atoms. The lowest BCUT2D eigenvalue weighted by Gasteiger charge is -2.28. The second kappa shape index (κ2) is 7.38. The lowest BCUT2D eigenvalue weighted by atomic mass is 10.1. The van der Waals surface area contributed by atoms with Crippen molar-refractivity contribution < 1.29 is 9.59 Å². The van der Waals surface area contributed by atoms with Crippen LogP contribution in [0, 0.1) is 0 Å². The molecule has 6 nitrogen and oxygen atoms in total. The van der Waals surface area contributed by atoms with Gasteiger partial charge in [-0.1, -0.05) is 23.7 Å². The number of amides is 2. The standard InChI is InChI=1S/C20H13ClN4O2S/c21-14-3-7-16(8-4-14)25-19(27)17(18(26)23-20(25)28)11-13-1-5-15(6-2-13)24-10-9-22-12-24/h1-12H,(H,23,26,28)/b17-11+. The molecule has 1 aliphatic rings. The number of imidazole rings is 1. The van der Waals surface area contributed by atoms with Gasteiger partial charge < -0.3 is 4.57 Å². The van der Waals surface area contributed by atoms with Gasteiger partial charge in [-0.25, -0.2) is 4.98 Å². The van der Waals surface area contributed by atoms with E-state index in [2.05, 4.69) is 10.3 Å². The van der Waals surface area contributed by atoms with Crippen LogP contribution in [0.2, 0.25) is 5.02 Å². The highest BCUT2D eigenvalue weighted by atomic mass is 35.5. The SMILES string of the molecule is O=C1NC(=S)N(c2ccc(Cl)cc2)C(=O)/C1=C/c1ccc(-n2ccnc2)cc1. The molecule has 0 spiro atoms. The van der Waals surface area contributed by atoms with Crippen molar-refractivity contribution in [3.8, 4) is 5.69 Å². The maximum Gasteiger partial charge on any atom is 0.270 e. The van der Waals surface area contributed by atoms with Crippen LogP contribution >= 0.6 is 23.8 Å². The van der Waals surface area contributed by atoms with E-state index in [1.54, 1.807) is 42.9 Å². The van der Waals surface area contributed by atoms with Crippen LogP contribution in [-0.4, -0.2) is 26.5 Å². The number of anilines is 1. The predicted molar refractivity (Wildman–Crippen MR) is 111 cm³/mol. The molecule has 3 aromatic rings. The quantitative estimate of drug-likeness (QED) is 0.410. The summed E-state index contributed by atoms with van der Waals surface area (Å²) in [5, 5.41) is 3.13. The van der Waals surface area contributed by atoms with E-state index in [4.69, 9.17) is 23.8 Å². The molecule has 1 fully saturated rings. The third-order valence-corrected chi connectivity index (χ3v) is 4.73. The Hall–Kier alpha value is -3.29. The fourth-order valence-corrected chi connectivity index (χ4v) is 3.21. The molecule has 8 heteroatoms. The Morgan fingerprint density at radius 1 is 1.00 bits per heavy atom. The van der Waals surface area contributed by atoms with Gasteiger partial charge in [-0.15, -0.1) is 0 Å². The molecule has 0 atom stereocenters. The minimum atomic E-state index is -0.529. The fraction of sp³-hybridized carbons (Fsp3) is 0. The van der Waals surface area contributed by atoms with Crippen molar-refractivity contribution in [2.45, 2.75) is 0 Å². The van der Waals surface area contributed by atoms with Crippen LogP contribution in [0.5, 0.6) is 0 Å². The minimum absolute atomic E-state index is 0.000990. The lowest BCUT2D eigenvalue weighted by Crippen LogP contribution is -2.54. The Morgan fingerprint density at radius 3 is 2.32 bits per heavy atom. The van der Waals surface area contributed by atoms with Crippen molar-refractivity contribution in [3.05, 3.63) is 83.4 Å². The maximum absolute atomic E-state index is 13.0. The van der Waals surface area contributed by atoms with Crippen molar-refractivity contribution in [1.29, 1.82) is 0 Å². The summed E-state index contributed by atoms with van der Waals surface area (Å²) in [6.45, 7) is 0. The summed E-state index contributed by atoms with van der Waals surface area (Å²) >= 11 is 11.1. The molecule has 1 aromatic heterocycles. The molecule has 0 radical (unpaired) electrons. The Bertz CT molecular complexity index is 1090. The normalized spacial score (nSPS) is 15.8. The zero-order valence-corrected chi connectivity index (χ0v) is 15.9. The number of aromatic nitrogens is 2. The molecule has 0 bridgehead atoms. The second-order valence-corrected chi connectivity index (χ2v) is 6.82. The Balaban J connectivity index is 1.65. The summed E-state index contributed by atoms with van der Waals surface area (Å²) in [4.78, 5) is 30.6. The summed E-state index contributed by atoms with van der Waals surface area (Å²) in [5.41, 5.74) is 2.16. The largest absolute Gasteiger partial charge is 0.306 e. The number of carbonyl (C=O) groups excluding carboxylic acids is 2. The highest BCUT2D eigenvalue weighted by molar-refractivity contribution is 7.80. The van der Waals surface area contributed by atoms with E-state index in [0.717, 1.165) is 5.69 Å². The third-order valence-electron chi connectivity index (χ3n) is 4.19. The van der Waals surface area contributed by atoms with Gasteiger partial charge in [0.05, 0.1) is 12.0 Å². The van der Waals surface area contributed by atoms with Gasteiger partial charge in [0.25, 0.3) is 11.8 Å². The van der Waals surface area contributed by atoms with Crippen LogP contribution < -0.4 is 10.2 Å². The molecule has 2 heterocycles. The van der Waals surface area contributed by atoms with Gasteiger partial charge in [0.2, 0.25) is 0 Å². The zero-order chi connectivity index (χ0) is 19.7. The molecule has 1 N–H and O–H groups in total. The number of thiocarbonyl (C=S) groups is 1. The van der Waals surface area contributed by atoms with Gasteiger partial charge in [-0.05, 0) is 60.3 Å². The van der Waals surface area contributed by atoms with Gasteiger partial charge >= 0.3 is 0 Å². The van der Waals surface area contributed by atoms with E-state index in [-0.39, 0.29) is 10.7 Å². The average Bonchev–Trinajstić information content (AvgIpc) is 3.22. The summed E-state index contributed by atoms with van der Waals surface area (Å²) in [7, 11) is 0. The fourth-order valence-electron chi connectivity index (χ4n) is 2.80. The first-order valence-corrected chi connectivity index (χ1v) is 9.07. The van der Waals surface area contributed by atoms with Crippen molar-refractivity contribution in [3.63, 3.8) is 0 Å². The first-order valence-electron chi connectivity index (χ1n) is 8.28. The van der Waals surface area contributed by atoms with E-state index in [1.807, 2.05) is 35.0 Å². The topological polar surface area (TPSA) is 67.2 Å². The highest BCUT2D eigenvalue weighted by Crippen LogP contribution is 2.24. The Labute approximate surface area is 171 Å². The van der Waals surface area contributed by atoms with Crippen LogP contribution in [0.25, 0.3) is 11.8 Å². The van der Waals surface area contributed by atoms with Crippen LogP contribution in [-0.2, 0) is 9.59 Å². The Kier molecular flexibility index (Phi) is 4.77.